The summed E-state index contributed by atoms with van der Waals surface area (Å²) in [5.41, 5.74) is 2.42. The molecule has 3 aromatic rings. The van der Waals surface area contributed by atoms with E-state index in [-0.39, 0.29) is 5.97 Å². The largest absolute Gasteiger partial charge is 0.465 e. The molecule has 0 aliphatic heterocycles. The van der Waals surface area contributed by atoms with Crippen LogP contribution in [0.4, 0.5) is 5.13 Å². The molecule has 0 aliphatic carbocycles. The smallest absolute Gasteiger partial charge is 0.337 e. The zero-order valence-electron chi connectivity index (χ0n) is 12.8. The number of carbonyl (C=O) groups is 1. The Kier molecular flexibility index (Phi) is 5.08. The second-order valence-corrected chi connectivity index (χ2v) is 6.32. The van der Waals surface area contributed by atoms with E-state index in [0.717, 1.165) is 16.1 Å². The van der Waals surface area contributed by atoms with E-state index in [2.05, 4.69) is 20.3 Å². The third-order valence-corrected chi connectivity index (χ3v) is 4.59. The summed E-state index contributed by atoms with van der Waals surface area (Å²) < 4.78 is 4.68. The van der Waals surface area contributed by atoms with Gasteiger partial charge in [0.25, 0.3) is 0 Å². The highest BCUT2D eigenvalue weighted by atomic mass is 35.5. The van der Waals surface area contributed by atoms with Crippen molar-refractivity contribution < 1.29 is 9.53 Å². The molecule has 0 radical (unpaired) electrons. The SMILES string of the molecule is COC(=O)c1ccc(CNc2nnc(-c3ccccc3Cl)s2)cc1. The lowest BCUT2D eigenvalue weighted by atomic mass is 10.1. The first kappa shape index (κ1) is 16.4. The van der Waals surface area contributed by atoms with Gasteiger partial charge in [0.05, 0.1) is 17.7 Å². The lowest BCUT2D eigenvalue weighted by Crippen LogP contribution is -2.02. The van der Waals surface area contributed by atoms with Crippen LogP contribution < -0.4 is 5.32 Å². The number of nitrogens with zero attached hydrogens (tertiary/aromatic N) is 2. The highest BCUT2D eigenvalue weighted by molar-refractivity contribution is 7.18. The van der Waals surface area contributed by atoms with Gasteiger partial charge in [0, 0.05) is 12.1 Å². The Morgan fingerprint density at radius 3 is 2.62 bits per heavy atom. The summed E-state index contributed by atoms with van der Waals surface area (Å²) in [4.78, 5) is 11.4. The molecular weight excluding hydrogens is 346 g/mol. The normalized spacial score (nSPS) is 10.4. The van der Waals surface area contributed by atoms with Crippen molar-refractivity contribution in [3.05, 3.63) is 64.7 Å². The Labute approximate surface area is 148 Å². The zero-order valence-corrected chi connectivity index (χ0v) is 14.4. The summed E-state index contributed by atoms with van der Waals surface area (Å²) in [6.45, 7) is 0.582. The first-order valence-electron chi connectivity index (χ1n) is 7.17. The van der Waals surface area contributed by atoms with Crippen LogP contribution in [0.5, 0.6) is 0 Å². The minimum Gasteiger partial charge on any atom is -0.465 e. The van der Waals surface area contributed by atoms with E-state index in [1.165, 1.54) is 18.4 Å². The highest BCUT2D eigenvalue weighted by Gasteiger charge is 2.10. The van der Waals surface area contributed by atoms with Crippen molar-refractivity contribution in [3.8, 4) is 10.6 Å². The Morgan fingerprint density at radius 1 is 1.17 bits per heavy atom. The molecular formula is C17H14ClN3O2S. The van der Waals surface area contributed by atoms with Gasteiger partial charge in [-0.25, -0.2) is 4.79 Å². The minimum atomic E-state index is -0.344. The molecule has 2 aromatic carbocycles. The van der Waals surface area contributed by atoms with Gasteiger partial charge in [0.15, 0.2) is 5.01 Å². The maximum Gasteiger partial charge on any atom is 0.337 e. The van der Waals surface area contributed by atoms with Gasteiger partial charge >= 0.3 is 5.97 Å². The van der Waals surface area contributed by atoms with Gasteiger partial charge in [-0.1, -0.05) is 53.3 Å². The molecule has 0 bridgehead atoms. The first-order valence-corrected chi connectivity index (χ1v) is 8.36. The van der Waals surface area contributed by atoms with Gasteiger partial charge in [-0.2, -0.15) is 0 Å². The molecule has 24 heavy (non-hydrogen) atoms. The molecule has 0 aliphatic rings. The number of methoxy groups -OCH3 is 1. The lowest BCUT2D eigenvalue weighted by molar-refractivity contribution is 0.0600. The molecule has 0 amide bonds. The van der Waals surface area contributed by atoms with Crippen molar-refractivity contribution in [1.82, 2.24) is 10.2 Å². The van der Waals surface area contributed by atoms with Gasteiger partial charge in [-0.05, 0) is 23.8 Å². The maximum absolute atomic E-state index is 11.4. The molecule has 0 saturated heterocycles. The number of hydrogen-bond acceptors (Lipinski definition) is 6. The average Bonchev–Trinajstić information content (AvgIpc) is 3.09. The fraction of sp³-hybridized carbons (Fsp3) is 0.118. The van der Waals surface area contributed by atoms with Crippen molar-refractivity contribution in [3.63, 3.8) is 0 Å². The van der Waals surface area contributed by atoms with Gasteiger partial charge in [0.1, 0.15) is 0 Å². The van der Waals surface area contributed by atoms with Crippen LogP contribution in [0.3, 0.4) is 0 Å². The van der Waals surface area contributed by atoms with Crippen LogP contribution in [0.1, 0.15) is 15.9 Å². The zero-order chi connectivity index (χ0) is 16.9. The molecule has 0 saturated carbocycles. The molecule has 0 spiro atoms. The molecule has 1 aromatic heterocycles. The van der Waals surface area contributed by atoms with E-state index in [9.17, 15) is 4.79 Å². The van der Waals surface area contributed by atoms with Crippen LogP contribution in [0.15, 0.2) is 48.5 Å². The number of benzene rings is 2. The topological polar surface area (TPSA) is 64.1 Å². The van der Waals surface area contributed by atoms with Crippen LogP contribution in [0.25, 0.3) is 10.6 Å². The molecule has 3 rings (SSSR count). The number of esters is 1. The Hall–Kier alpha value is -2.44. The maximum atomic E-state index is 11.4. The van der Waals surface area contributed by atoms with E-state index in [1.54, 1.807) is 12.1 Å². The molecule has 0 fully saturated rings. The number of nitrogens with one attached hydrogen (secondary N) is 1. The number of anilines is 1. The Bertz CT molecular complexity index is 849. The number of carbonyl (C=O) groups excluding carboxylic acids is 1. The molecule has 0 unspecified atom stereocenters. The van der Waals surface area contributed by atoms with Gasteiger partial charge in [-0.15, -0.1) is 10.2 Å². The predicted molar refractivity (Wildman–Crippen MR) is 95.5 cm³/mol. The van der Waals surface area contributed by atoms with Crippen LogP contribution in [0, 0.1) is 0 Å². The molecule has 7 heteroatoms. The molecule has 1 heterocycles. The fourth-order valence-corrected chi connectivity index (χ4v) is 3.15. The fourth-order valence-electron chi connectivity index (χ4n) is 2.09. The molecule has 1 N–H and O–H groups in total. The Morgan fingerprint density at radius 2 is 1.92 bits per heavy atom. The summed E-state index contributed by atoms with van der Waals surface area (Å²) in [6, 6.07) is 14.7. The van der Waals surface area contributed by atoms with E-state index in [0.29, 0.717) is 22.3 Å². The van der Waals surface area contributed by atoms with Gasteiger partial charge in [-0.3, -0.25) is 0 Å². The van der Waals surface area contributed by atoms with Crippen molar-refractivity contribution >= 4 is 34.0 Å². The third kappa shape index (κ3) is 3.72. The monoisotopic (exact) mass is 359 g/mol. The number of rotatable bonds is 5. The molecule has 122 valence electrons. The van der Waals surface area contributed by atoms with E-state index < -0.39 is 0 Å². The summed E-state index contributed by atoms with van der Waals surface area (Å²) in [5, 5.41) is 13.6. The van der Waals surface area contributed by atoms with E-state index in [4.69, 9.17) is 11.6 Å². The first-order chi connectivity index (χ1) is 11.7. The number of ether oxygens (including phenoxy) is 1. The number of aromatic nitrogens is 2. The van der Waals surface area contributed by atoms with Crippen molar-refractivity contribution in [2.45, 2.75) is 6.54 Å². The lowest BCUT2D eigenvalue weighted by Gasteiger charge is -2.04. The standard InChI is InChI=1S/C17H14ClN3O2S/c1-23-16(22)12-8-6-11(7-9-12)10-19-17-21-20-15(24-17)13-4-2-3-5-14(13)18/h2-9H,10H2,1H3,(H,19,21). The Balaban J connectivity index is 1.65. The number of hydrogen-bond donors (Lipinski definition) is 1. The summed E-state index contributed by atoms with van der Waals surface area (Å²) >= 11 is 7.61. The predicted octanol–water partition coefficient (Wildman–Crippen LogP) is 4.26. The highest BCUT2D eigenvalue weighted by Crippen LogP contribution is 2.31. The molecule has 5 nitrogen and oxygen atoms in total. The average molecular weight is 360 g/mol. The minimum absolute atomic E-state index is 0.344. The van der Waals surface area contributed by atoms with Gasteiger partial charge < -0.3 is 10.1 Å². The second-order valence-electron chi connectivity index (χ2n) is 4.93. The van der Waals surface area contributed by atoms with E-state index >= 15 is 0 Å². The van der Waals surface area contributed by atoms with Crippen LogP contribution in [0.2, 0.25) is 5.02 Å². The molecule has 0 atom stereocenters. The van der Waals surface area contributed by atoms with Crippen molar-refractivity contribution in [1.29, 1.82) is 0 Å². The second kappa shape index (κ2) is 7.42. The summed E-state index contributed by atoms with van der Waals surface area (Å²) in [7, 11) is 1.36. The van der Waals surface area contributed by atoms with Crippen molar-refractivity contribution in [2.75, 3.05) is 12.4 Å². The summed E-state index contributed by atoms with van der Waals surface area (Å²) in [6.07, 6.45) is 0. The summed E-state index contributed by atoms with van der Waals surface area (Å²) in [5.74, 6) is -0.344. The van der Waals surface area contributed by atoms with Gasteiger partial charge in [0.2, 0.25) is 5.13 Å². The third-order valence-electron chi connectivity index (χ3n) is 3.35. The van der Waals surface area contributed by atoms with Crippen molar-refractivity contribution in [2.24, 2.45) is 0 Å². The quantitative estimate of drug-likeness (QED) is 0.689. The van der Waals surface area contributed by atoms with Crippen LogP contribution in [-0.2, 0) is 11.3 Å². The van der Waals surface area contributed by atoms with Crippen LogP contribution in [-0.4, -0.2) is 23.3 Å². The van der Waals surface area contributed by atoms with Crippen LogP contribution >= 0.6 is 22.9 Å². The van der Waals surface area contributed by atoms with E-state index in [1.807, 2.05) is 36.4 Å². The number of halogens is 1.